The third-order valence-corrected chi connectivity index (χ3v) is 4.43. The van der Waals surface area contributed by atoms with Gasteiger partial charge in [-0.3, -0.25) is 10.1 Å². The number of nitro groups is 1. The maximum absolute atomic E-state index is 11.8. The molecule has 0 bridgehead atoms. The lowest BCUT2D eigenvalue weighted by Crippen LogP contribution is -2.06. The Labute approximate surface area is 151 Å². The summed E-state index contributed by atoms with van der Waals surface area (Å²) in [5.41, 5.74) is 1.88. The number of rotatable bonds is 4. The zero-order valence-corrected chi connectivity index (χ0v) is 15.1. The molecule has 3 rings (SSSR count). The lowest BCUT2D eigenvalue weighted by molar-refractivity contribution is -0.385. The summed E-state index contributed by atoms with van der Waals surface area (Å²) in [5.74, 6) is 0.452. The maximum atomic E-state index is 11.8. The van der Waals surface area contributed by atoms with Crippen LogP contribution in [0.25, 0.3) is 11.0 Å². The molecule has 2 aromatic carbocycles. The van der Waals surface area contributed by atoms with Crippen molar-refractivity contribution in [1.29, 1.82) is 0 Å². The number of nitrogens with zero attached hydrogens (tertiary/aromatic N) is 1. The van der Waals surface area contributed by atoms with Crippen LogP contribution in [0.15, 0.2) is 50.1 Å². The van der Waals surface area contributed by atoms with Crippen LogP contribution >= 0.6 is 15.9 Å². The van der Waals surface area contributed by atoms with Crippen molar-refractivity contribution in [2.24, 2.45) is 0 Å². The maximum Gasteiger partial charge on any atom is 0.336 e. The molecule has 1 heterocycles. The Bertz CT molecular complexity index is 1040. The smallest absolute Gasteiger partial charge is 0.336 e. The Morgan fingerprint density at radius 3 is 2.68 bits per heavy atom. The summed E-state index contributed by atoms with van der Waals surface area (Å²) in [6.45, 7) is 3.57. The van der Waals surface area contributed by atoms with E-state index in [1.54, 1.807) is 19.1 Å². The van der Waals surface area contributed by atoms with Crippen molar-refractivity contribution in [1.82, 2.24) is 0 Å². The number of aryl methyl sites for hydroxylation is 1. The zero-order valence-electron chi connectivity index (χ0n) is 13.5. The zero-order chi connectivity index (χ0) is 18.1. The summed E-state index contributed by atoms with van der Waals surface area (Å²) < 4.78 is 11.8. The number of hydrogen-bond donors (Lipinski definition) is 0. The average Bonchev–Trinajstić information content (AvgIpc) is 2.53. The van der Waals surface area contributed by atoms with E-state index in [0.717, 1.165) is 15.4 Å². The molecule has 0 unspecified atom stereocenters. The van der Waals surface area contributed by atoms with Gasteiger partial charge in [-0.2, -0.15) is 0 Å². The van der Waals surface area contributed by atoms with Crippen molar-refractivity contribution in [2.75, 3.05) is 0 Å². The predicted molar refractivity (Wildman–Crippen MR) is 97.1 cm³/mol. The van der Waals surface area contributed by atoms with E-state index in [1.165, 1.54) is 12.1 Å². The van der Waals surface area contributed by atoms with Crippen LogP contribution in [0, 0.1) is 24.0 Å². The van der Waals surface area contributed by atoms with E-state index in [9.17, 15) is 14.9 Å². The molecule has 0 spiro atoms. The van der Waals surface area contributed by atoms with Crippen molar-refractivity contribution in [3.63, 3.8) is 0 Å². The fraction of sp³-hybridized carbons (Fsp3) is 0.167. The number of ether oxygens (including phenoxy) is 1. The summed E-state index contributed by atoms with van der Waals surface area (Å²) in [4.78, 5) is 22.4. The molecule has 0 aliphatic rings. The highest BCUT2D eigenvalue weighted by atomic mass is 79.9. The van der Waals surface area contributed by atoms with E-state index < -0.39 is 10.5 Å². The van der Waals surface area contributed by atoms with E-state index in [1.807, 2.05) is 19.1 Å². The Morgan fingerprint density at radius 1 is 1.20 bits per heavy atom. The molecule has 0 radical (unpaired) electrons. The van der Waals surface area contributed by atoms with Crippen LogP contribution in [0.5, 0.6) is 5.75 Å². The summed E-state index contributed by atoms with van der Waals surface area (Å²) in [6.07, 6.45) is 0. The van der Waals surface area contributed by atoms with Crippen LogP contribution < -0.4 is 10.4 Å². The molecule has 0 saturated carbocycles. The number of nitro benzene ring substituents is 1. The van der Waals surface area contributed by atoms with Gasteiger partial charge in [0.05, 0.1) is 10.5 Å². The van der Waals surface area contributed by atoms with Crippen molar-refractivity contribution in [3.05, 3.63) is 78.1 Å². The molecule has 6 nitrogen and oxygen atoms in total. The van der Waals surface area contributed by atoms with Crippen molar-refractivity contribution < 1.29 is 14.1 Å². The summed E-state index contributed by atoms with van der Waals surface area (Å²) in [5, 5.41) is 11.9. The fourth-order valence-electron chi connectivity index (χ4n) is 2.71. The molecule has 1 aromatic heterocycles. The Balaban J connectivity index is 2.00. The molecule has 7 heteroatoms. The lowest BCUT2D eigenvalue weighted by Gasteiger charge is -2.13. The van der Waals surface area contributed by atoms with Gasteiger partial charge in [0.25, 0.3) is 5.69 Å². The van der Waals surface area contributed by atoms with Gasteiger partial charge in [0.2, 0.25) is 0 Å². The van der Waals surface area contributed by atoms with Crippen LogP contribution in [0.4, 0.5) is 5.69 Å². The first kappa shape index (κ1) is 17.2. The van der Waals surface area contributed by atoms with Gasteiger partial charge in [-0.1, -0.05) is 15.9 Å². The molecule has 0 amide bonds. The molecule has 0 saturated heterocycles. The standard InChI is InChI=1S/C18H14BrNO5/c1-10-3-6-15(20(22)23)11(2)18(10)24-9-12-7-17(21)25-16-8-13(19)4-5-14(12)16/h3-8H,9H2,1-2H3. The predicted octanol–water partition coefficient (Wildman–Crippen LogP) is 4.66. The molecule has 0 N–H and O–H groups in total. The first-order valence-electron chi connectivity index (χ1n) is 7.46. The Morgan fingerprint density at radius 2 is 1.96 bits per heavy atom. The summed E-state index contributed by atoms with van der Waals surface area (Å²) in [6, 6.07) is 9.86. The molecule has 3 aromatic rings. The monoisotopic (exact) mass is 403 g/mol. The minimum absolute atomic E-state index is 0.00182. The third kappa shape index (κ3) is 3.41. The van der Waals surface area contributed by atoms with Gasteiger partial charge in [0.1, 0.15) is 17.9 Å². The Hall–Kier alpha value is -2.67. The summed E-state index contributed by atoms with van der Waals surface area (Å²) in [7, 11) is 0. The van der Waals surface area contributed by atoms with E-state index in [-0.39, 0.29) is 12.3 Å². The molecular formula is C18H14BrNO5. The second-order valence-electron chi connectivity index (χ2n) is 5.63. The fourth-order valence-corrected chi connectivity index (χ4v) is 3.05. The highest BCUT2D eigenvalue weighted by Gasteiger charge is 2.17. The van der Waals surface area contributed by atoms with Crippen LogP contribution in [0.1, 0.15) is 16.7 Å². The highest BCUT2D eigenvalue weighted by molar-refractivity contribution is 9.10. The van der Waals surface area contributed by atoms with Crippen LogP contribution in [0.3, 0.4) is 0 Å². The van der Waals surface area contributed by atoms with Gasteiger partial charge in [-0.05, 0) is 43.7 Å². The molecule has 0 atom stereocenters. The van der Waals surface area contributed by atoms with Crippen molar-refractivity contribution >= 4 is 32.6 Å². The van der Waals surface area contributed by atoms with Gasteiger partial charge in [0.15, 0.2) is 0 Å². The van der Waals surface area contributed by atoms with E-state index >= 15 is 0 Å². The first-order chi connectivity index (χ1) is 11.9. The normalized spacial score (nSPS) is 10.8. The van der Waals surface area contributed by atoms with E-state index in [0.29, 0.717) is 22.5 Å². The van der Waals surface area contributed by atoms with E-state index in [4.69, 9.17) is 9.15 Å². The van der Waals surface area contributed by atoms with Gasteiger partial charge < -0.3 is 9.15 Å². The molecule has 25 heavy (non-hydrogen) atoms. The van der Waals surface area contributed by atoms with Gasteiger partial charge in [-0.25, -0.2) is 4.79 Å². The minimum atomic E-state index is -0.475. The van der Waals surface area contributed by atoms with Gasteiger partial charge >= 0.3 is 5.63 Å². The molecule has 0 aliphatic heterocycles. The SMILES string of the molecule is Cc1ccc([N+](=O)[O-])c(C)c1OCc1cc(=O)oc2cc(Br)ccc12. The quantitative estimate of drug-likeness (QED) is 0.359. The first-order valence-corrected chi connectivity index (χ1v) is 8.26. The summed E-state index contributed by atoms with van der Waals surface area (Å²) >= 11 is 3.34. The largest absolute Gasteiger partial charge is 0.488 e. The van der Waals surface area contributed by atoms with Gasteiger partial charge in [0, 0.05) is 27.6 Å². The number of benzene rings is 2. The van der Waals surface area contributed by atoms with Crippen molar-refractivity contribution in [2.45, 2.75) is 20.5 Å². The minimum Gasteiger partial charge on any atom is -0.488 e. The molecular weight excluding hydrogens is 390 g/mol. The highest BCUT2D eigenvalue weighted by Crippen LogP contribution is 2.32. The number of halogens is 1. The van der Waals surface area contributed by atoms with E-state index in [2.05, 4.69) is 15.9 Å². The topological polar surface area (TPSA) is 82.6 Å². The van der Waals surface area contributed by atoms with Crippen LogP contribution in [-0.2, 0) is 6.61 Å². The van der Waals surface area contributed by atoms with Crippen LogP contribution in [0.2, 0.25) is 0 Å². The molecule has 0 aliphatic carbocycles. The Kier molecular flexibility index (Phi) is 4.59. The third-order valence-electron chi connectivity index (χ3n) is 3.94. The number of hydrogen-bond acceptors (Lipinski definition) is 5. The molecule has 128 valence electrons. The molecule has 0 fully saturated rings. The van der Waals surface area contributed by atoms with Crippen molar-refractivity contribution in [3.8, 4) is 5.75 Å². The average molecular weight is 404 g/mol. The second-order valence-corrected chi connectivity index (χ2v) is 6.55. The number of fused-ring (bicyclic) bond motifs is 1. The second kappa shape index (κ2) is 6.68. The van der Waals surface area contributed by atoms with Gasteiger partial charge in [-0.15, -0.1) is 0 Å². The van der Waals surface area contributed by atoms with Crippen LogP contribution in [-0.4, -0.2) is 4.92 Å². The lowest BCUT2D eigenvalue weighted by atomic mass is 10.1.